The monoisotopic (exact) mass is 478 g/mol. The zero-order valence-electron chi connectivity index (χ0n) is 19.7. The Bertz CT molecular complexity index is 1770. The van der Waals surface area contributed by atoms with E-state index in [2.05, 4.69) is 140 Å². The summed E-state index contributed by atoms with van der Waals surface area (Å²) in [4.78, 5) is -0.854. The molecule has 0 radical (unpaired) electrons. The van der Waals surface area contributed by atoms with Gasteiger partial charge in [0.2, 0.25) is 0 Å². The van der Waals surface area contributed by atoms with E-state index in [9.17, 15) is 0 Å². The van der Waals surface area contributed by atoms with Crippen LogP contribution in [0.1, 0.15) is 27.8 Å². The Morgan fingerprint density at radius 2 is 0.861 bits per heavy atom. The molecule has 0 saturated carbocycles. The predicted molar refractivity (Wildman–Crippen MR) is 153 cm³/mol. The Morgan fingerprint density at radius 1 is 0.417 bits per heavy atom. The van der Waals surface area contributed by atoms with E-state index in [0.29, 0.717) is 0 Å². The van der Waals surface area contributed by atoms with Gasteiger partial charge in [-0.3, -0.25) is 0 Å². The molecule has 0 aromatic heterocycles. The second-order valence-corrected chi connectivity index (χ2v) is 9.91. The van der Waals surface area contributed by atoms with Gasteiger partial charge in [-0.2, -0.15) is 0 Å². The molecule has 6 aromatic rings. The molecule has 1 aliphatic rings. The third kappa shape index (κ3) is 2.95. The van der Waals surface area contributed by atoms with Crippen LogP contribution in [0, 0.1) is 0 Å². The van der Waals surface area contributed by atoms with Gasteiger partial charge in [0.05, 0.1) is 0 Å². The van der Waals surface area contributed by atoms with E-state index in [0.717, 1.165) is 16.7 Å². The van der Waals surface area contributed by atoms with Gasteiger partial charge < -0.3 is 0 Å². The maximum atomic E-state index is 8.09. The molecule has 1 atom stereocenters. The minimum Gasteiger partial charge on any atom is -0.103 e. The average Bonchev–Trinajstić information content (AvgIpc) is 3.25. The summed E-state index contributed by atoms with van der Waals surface area (Å²) in [5.41, 5.74) is 8.14. The lowest BCUT2D eigenvalue weighted by Crippen LogP contribution is -2.21. The molecular formula is C35H23Cl. The van der Waals surface area contributed by atoms with Crippen molar-refractivity contribution in [3.05, 3.63) is 167 Å². The molecule has 0 spiro atoms. The van der Waals surface area contributed by atoms with Crippen LogP contribution in [0.2, 0.25) is 0 Å². The van der Waals surface area contributed by atoms with Gasteiger partial charge >= 0.3 is 0 Å². The van der Waals surface area contributed by atoms with Crippen molar-refractivity contribution in [2.75, 3.05) is 0 Å². The third-order valence-electron chi connectivity index (χ3n) is 7.42. The summed E-state index contributed by atoms with van der Waals surface area (Å²) in [6.07, 6.45) is 0. The number of rotatable bonds is 3. The standard InChI is InChI=1S/C35H23Cl/c36-35(26-18-8-3-9-19-26)33(25-16-6-2-7-17-25)31(24-14-4-1-5-15-24)32-29-22-12-10-20-27(29)28-21-11-13-23-30(28)34(32)35/h1-23H. The van der Waals surface area contributed by atoms with E-state index < -0.39 is 4.87 Å². The number of halogens is 1. The SMILES string of the molecule is ClC1(c2ccccc2)C(c2ccccc2)=C(c2ccccc2)c2c1c1ccccc1c1ccccc21. The highest BCUT2D eigenvalue weighted by molar-refractivity contribution is 6.40. The topological polar surface area (TPSA) is 0 Å². The molecule has 0 N–H and O–H groups in total. The number of hydrogen-bond acceptors (Lipinski definition) is 0. The maximum Gasteiger partial charge on any atom is 0.122 e. The van der Waals surface area contributed by atoms with Gasteiger partial charge in [-0.1, -0.05) is 140 Å². The molecule has 6 aromatic carbocycles. The normalized spacial score (nSPS) is 17.0. The minimum absolute atomic E-state index is 0.854. The first-order valence-corrected chi connectivity index (χ1v) is 12.7. The molecule has 0 amide bonds. The van der Waals surface area contributed by atoms with Gasteiger partial charge in [-0.15, -0.1) is 11.6 Å². The first kappa shape index (κ1) is 21.2. The molecule has 1 unspecified atom stereocenters. The molecular weight excluding hydrogens is 456 g/mol. The Kier molecular flexibility index (Phi) is 4.84. The Hall–Kier alpha value is -4.13. The molecule has 1 aliphatic carbocycles. The second kappa shape index (κ2) is 8.22. The molecule has 36 heavy (non-hydrogen) atoms. The van der Waals surface area contributed by atoms with E-state index in [-0.39, 0.29) is 0 Å². The van der Waals surface area contributed by atoms with Crippen LogP contribution in [0.5, 0.6) is 0 Å². The third-order valence-corrected chi connectivity index (χ3v) is 8.01. The van der Waals surface area contributed by atoms with Gasteiger partial charge in [-0.25, -0.2) is 0 Å². The lowest BCUT2D eigenvalue weighted by molar-refractivity contribution is 0.977. The van der Waals surface area contributed by atoms with Crippen LogP contribution in [0.3, 0.4) is 0 Å². The van der Waals surface area contributed by atoms with Crippen molar-refractivity contribution >= 4 is 44.3 Å². The van der Waals surface area contributed by atoms with Crippen molar-refractivity contribution in [2.45, 2.75) is 4.87 Å². The molecule has 0 aliphatic heterocycles. The van der Waals surface area contributed by atoms with Gasteiger partial charge in [0.25, 0.3) is 0 Å². The minimum atomic E-state index is -0.854. The van der Waals surface area contributed by atoms with Crippen molar-refractivity contribution in [1.82, 2.24) is 0 Å². The van der Waals surface area contributed by atoms with Crippen LogP contribution in [0.25, 0.3) is 32.7 Å². The number of fused-ring (bicyclic) bond motifs is 6. The molecule has 170 valence electrons. The maximum absolute atomic E-state index is 8.09. The van der Waals surface area contributed by atoms with Gasteiger partial charge in [0.15, 0.2) is 0 Å². The van der Waals surface area contributed by atoms with Crippen molar-refractivity contribution < 1.29 is 0 Å². The van der Waals surface area contributed by atoms with E-state index >= 15 is 0 Å². The van der Waals surface area contributed by atoms with Crippen LogP contribution < -0.4 is 0 Å². The second-order valence-electron chi connectivity index (χ2n) is 9.35. The average molecular weight is 479 g/mol. The summed E-state index contributed by atoms with van der Waals surface area (Å²) in [5.74, 6) is 0. The van der Waals surface area contributed by atoms with E-state index in [1.165, 1.54) is 43.8 Å². The fourth-order valence-corrected chi connectivity index (χ4v) is 6.50. The predicted octanol–water partition coefficient (Wildman–Crippen LogP) is 9.45. The number of alkyl halides is 1. The van der Waals surface area contributed by atoms with Crippen molar-refractivity contribution in [2.24, 2.45) is 0 Å². The van der Waals surface area contributed by atoms with Gasteiger partial charge in [0.1, 0.15) is 4.87 Å². The Labute approximate surface area is 216 Å². The van der Waals surface area contributed by atoms with Crippen molar-refractivity contribution in [1.29, 1.82) is 0 Å². The molecule has 0 fully saturated rings. The zero-order valence-corrected chi connectivity index (χ0v) is 20.4. The summed E-state index contributed by atoms with van der Waals surface area (Å²) in [6.45, 7) is 0. The van der Waals surface area contributed by atoms with Gasteiger partial charge in [-0.05, 0) is 60.5 Å². The molecule has 0 nitrogen and oxygen atoms in total. The van der Waals surface area contributed by atoms with E-state index in [4.69, 9.17) is 11.6 Å². The zero-order chi connectivity index (χ0) is 24.1. The van der Waals surface area contributed by atoms with Crippen LogP contribution in [-0.4, -0.2) is 0 Å². The lowest BCUT2D eigenvalue weighted by Gasteiger charge is -2.30. The Morgan fingerprint density at radius 3 is 1.47 bits per heavy atom. The summed E-state index contributed by atoms with van der Waals surface area (Å²) >= 11 is 8.09. The lowest BCUT2D eigenvalue weighted by atomic mass is 9.81. The fraction of sp³-hybridized carbons (Fsp3) is 0.0286. The smallest absolute Gasteiger partial charge is 0.103 e. The van der Waals surface area contributed by atoms with Crippen LogP contribution in [0.4, 0.5) is 0 Å². The van der Waals surface area contributed by atoms with E-state index in [1.807, 2.05) is 0 Å². The van der Waals surface area contributed by atoms with Crippen LogP contribution >= 0.6 is 11.6 Å². The first-order chi connectivity index (χ1) is 17.8. The molecule has 0 bridgehead atoms. The molecule has 0 saturated heterocycles. The quantitative estimate of drug-likeness (QED) is 0.175. The molecule has 7 rings (SSSR count). The number of allylic oxidation sites excluding steroid dienone is 1. The fourth-order valence-electron chi connectivity index (χ4n) is 5.98. The highest BCUT2D eigenvalue weighted by Crippen LogP contribution is 2.62. The molecule has 1 heteroatoms. The van der Waals surface area contributed by atoms with Crippen molar-refractivity contribution in [3.8, 4) is 0 Å². The molecule has 0 heterocycles. The number of hydrogen-bond donors (Lipinski definition) is 0. The van der Waals surface area contributed by atoms with Crippen molar-refractivity contribution in [3.63, 3.8) is 0 Å². The highest BCUT2D eigenvalue weighted by atomic mass is 35.5. The van der Waals surface area contributed by atoms with E-state index in [1.54, 1.807) is 0 Å². The Balaban J connectivity index is 1.77. The van der Waals surface area contributed by atoms with Crippen LogP contribution in [-0.2, 0) is 4.87 Å². The first-order valence-electron chi connectivity index (χ1n) is 12.3. The summed E-state index contributed by atoms with van der Waals surface area (Å²) < 4.78 is 0. The largest absolute Gasteiger partial charge is 0.122 e. The number of benzene rings is 6. The summed E-state index contributed by atoms with van der Waals surface area (Å²) in [7, 11) is 0. The summed E-state index contributed by atoms with van der Waals surface area (Å²) in [6, 6.07) is 49.4. The summed E-state index contributed by atoms with van der Waals surface area (Å²) in [5, 5.41) is 4.91. The van der Waals surface area contributed by atoms with Gasteiger partial charge in [0, 0.05) is 0 Å². The highest BCUT2D eigenvalue weighted by Gasteiger charge is 2.48. The van der Waals surface area contributed by atoms with Crippen LogP contribution in [0.15, 0.2) is 140 Å².